The van der Waals surface area contributed by atoms with Gasteiger partial charge in [-0.1, -0.05) is 30.5 Å². The number of hydrogen-bond donors (Lipinski definition) is 1. The highest BCUT2D eigenvalue weighted by Gasteiger charge is 2.32. The van der Waals surface area contributed by atoms with Gasteiger partial charge in [0.05, 0.1) is 0 Å². The van der Waals surface area contributed by atoms with E-state index in [4.69, 9.17) is 5.73 Å². The number of benzene rings is 1. The normalized spacial score (nSPS) is 17.7. The molecule has 0 heterocycles. The fourth-order valence-corrected chi connectivity index (χ4v) is 2.59. The largest absolute Gasteiger partial charge is 0.325 e. The van der Waals surface area contributed by atoms with Crippen LogP contribution in [0, 0.1) is 6.92 Å². The SMILES string of the molecule is Cc1ccc(N(C)C(=O)CC2(N)CCCC2)cc1. The average molecular weight is 246 g/mol. The van der Waals surface area contributed by atoms with E-state index in [0.717, 1.165) is 31.4 Å². The third-order valence-corrected chi connectivity index (χ3v) is 3.90. The molecule has 1 aromatic rings. The minimum atomic E-state index is -0.268. The first kappa shape index (κ1) is 13.1. The summed E-state index contributed by atoms with van der Waals surface area (Å²) in [4.78, 5) is 14.0. The molecule has 0 aromatic heterocycles. The first-order valence-electron chi connectivity index (χ1n) is 6.62. The zero-order valence-corrected chi connectivity index (χ0v) is 11.3. The van der Waals surface area contributed by atoms with Crippen LogP contribution in [0.5, 0.6) is 0 Å². The molecule has 1 saturated carbocycles. The molecular formula is C15H22N2O. The number of rotatable bonds is 3. The molecule has 0 atom stereocenters. The van der Waals surface area contributed by atoms with E-state index in [-0.39, 0.29) is 11.4 Å². The van der Waals surface area contributed by atoms with Crippen LogP contribution < -0.4 is 10.6 Å². The highest BCUT2D eigenvalue weighted by atomic mass is 16.2. The van der Waals surface area contributed by atoms with Gasteiger partial charge in [-0.2, -0.15) is 0 Å². The van der Waals surface area contributed by atoms with Gasteiger partial charge in [-0.3, -0.25) is 4.79 Å². The Labute approximate surface area is 109 Å². The Balaban J connectivity index is 2.02. The maximum Gasteiger partial charge on any atom is 0.228 e. The van der Waals surface area contributed by atoms with Crippen molar-refractivity contribution in [3.63, 3.8) is 0 Å². The Morgan fingerprint density at radius 3 is 2.39 bits per heavy atom. The second-order valence-corrected chi connectivity index (χ2v) is 5.53. The number of anilines is 1. The summed E-state index contributed by atoms with van der Waals surface area (Å²) in [6, 6.07) is 8.00. The Bertz CT molecular complexity index is 419. The van der Waals surface area contributed by atoms with Crippen molar-refractivity contribution >= 4 is 11.6 Å². The van der Waals surface area contributed by atoms with E-state index < -0.39 is 0 Å². The summed E-state index contributed by atoms with van der Waals surface area (Å²) in [6.07, 6.45) is 4.70. The number of carbonyl (C=O) groups is 1. The summed E-state index contributed by atoms with van der Waals surface area (Å²) in [6.45, 7) is 2.04. The molecule has 0 radical (unpaired) electrons. The van der Waals surface area contributed by atoms with Crippen LogP contribution in [0.2, 0.25) is 0 Å². The molecule has 3 nitrogen and oxygen atoms in total. The van der Waals surface area contributed by atoms with Gasteiger partial charge in [0, 0.05) is 24.7 Å². The number of nitrogens with two attached hydrogens (primary N) is 1. The summed E-state index contributed by atoms with van der Waals surface area (Å²) in [5.41, 5.74) is 8.12. The third kappa shape index (κ3) is 2.91. The van der Waals surface area contributed by atoms with Crippen molar-refractivity contribution in [2.75, 3.05) is 11.9 Å². The summed E-state index contributed by atoms with van der Waals surface area (Å²) >= 11 is 0. The van der Waals surface area contributed by atoms with E-state index in [1.54, 1.807) is 4.90 Å². The van der Waals surface area contributed by atoms with E-state index >= 15 is 0 Å². The topological polar surface area (TPSA) is 46.3 Å². The number of hydrogen-bond acceptors (Lipinski definition) is 2. The van der Waals surface area contributed by atoms with E-state index in [2.05, 4.69) is 0 Å². The zero-order valence-electron chi connectivity index (χ0n) is 11.3. The smallest absolute Gasteiger partial charge is 0.228 e. The molecule has 1 fully saturated rings. The van der Waals surface area contributed by atoms with E-state index in [9.17, 15) is 4.79 Å². The highest BCUT2D eigenvalue weighted by molar-refractivity contribution is 5.93. The van der Waals surface area contributed by atoms with Crippen LogP contribution in [-0.2, 0) is 4.79 Å². The Hall–Kier alpha value is -1.35. The van der Waals surface area contributed by atoms with Crippen molar-refractivity contribution in [3.8, 4) is 0 Å². The summed E-state index contributed by atoms with van der Waals surface area (Å²) in [7, 11) is 1.82. The zero-order chi connectivity index (χ0) is 13.2. The molecule has 0 aliphatic heterocycles. The monoisotopic (exact) mass is 246 g/mol. The Morgan fingerprint density at radius 2 is 1.83 bits per heavy atom. The molecule has 0 spiro atoms. The van der Waals surface area contributed by atoms with Crippen molar-refractivity contribution in [3.05, 3.63) is 29.8 Å². The standard InChI is InChI=1S/C15H22N2O/c1-12-5-7-13(8-6-12)17(2)14(18)11-15(16)9-3-4-10-15/h5-8H,3-4,9-11,16H2,1-2H3. The Morgan fingerprint density at radius 1 is 1.28 bits per heavy atom. The lowest BCUT2D eigenvalue weighted by molar-refractivity contribution is -0.119. The van der Waals surface area contributed by atoms with Gasteiger partial charge in [-0.05, 0) is 31.9 Å². The lowest BCUT2D eigenvalue weighted by Crippen LogP contribution is -2.42. The summed E-state index contributed by atoms with van der Waals surface area (Å²) in [5, 5.41) is 0. The van der Waals surface area contributed by atoms with E-state index in [1.165, 1.54) is 5.56 Å². The maximum absolute atomic E-state index is 12.2. The first-order chi connectivity index (χ1) is 8.50. The number of aryl methyl sites for hydroxylation is 1. The van der Waals surface area contributed by atoms with Crippen molar-refractivity contribution in [1.82, 2.24) is 0 Å². The molecule has 1 aromatic carbocycles. The van der Waals surface area contributed by atoms with Gasteiger partial charge in [0.25, 0.3) is 0 Å². The molecule has 1 amide bonds. The molecule has 3 heteroatoms. The molecule has 98 valence electrons. The molecular weight excluding hydrogens is 224 g/mol. The van der Waals surface area contributed by atoms with Crippen LogP contribution in [0.15, 0.2) is 24.3 Å². The maximum atomic E-state index is 12.2. The first-order valence-corrected chi connectivity index (χ1v) is 6.62. The molecule has 0 saturated heterocycles. The second-order valence-electron chi connectivity index (χ2n) is 5.53. The fourth-order valence-electron chi connectivity index (χ4n) is 2.59. The second kappa shape index (κ2) is 5.11. The predicted molar refractivity (Wildman–Crippen MR) is 74.6 cm³/mol. The third-order valence-electron chi connectivity index (χ3n) is 3.90. The van der Waals surface area contributed by atoms with Crippen molar-refractivity contribution in [1.29, 1.82) is 0 Å². The van der Waals surface area contributed by atoms with Crippen LogP contribution >= 0.6 is 0 Å². The minimum Gasteiger partial charge on any atom is -0.325 e. The van der Waals surface area contributed by atoms with Gasteiger partial charge in [0.15, 0.2) is 0 Å². The van der Waals surface area contributed by atoms with Gasteiger partial charge in [0.1, 0.15) is 0 Å². The Kier molecular flexibility index (Phi) is 3.71. The van der Waals surface area contributed by atoms with Crippen molar-refractivity contribution < 1.29 is 4.79 Å². The van der Waals surface area contributed by atoms with Crippen LogP contribution in [-0.4, -0.2) is 18.5 Å². The molecule has 1 aliphatic carbocycles. The quantitative estimate of drug-likeness (QED) is 0.891. The molecule has 0 bridgehead atoms. The number of nitrogens with zero attached hydrogens (tertiary/aromatic N) is 1. The fraction of sp³-hybridized carbons (Fsp3) is 0.533. The molecule has 2 rings (SSSR count). The average Bonchev–Trinajstić information content (AvgIpc) is 2.76. The molecule has 18 heavy (non-hydrogen) atoms. The van der Waals surface area contributed by atoms with Crippen LogP contribution in [0.1, 0.15) is 37.7 Å². The van der Waals surface area contributed by atoms with Gasteiger partial charge >= 0.3 is 0 Å². The predicted octanol–water partition coefficient (Wildman–Crippen LogP) is 2.62. The van der Waals surface area contributed by atoms with E-state index in [0.29, 0.717) is 6.42 Å². The molecule has 1 aliphatic rings. The lowest BCUT2D eigenvalue weighted by atomic mass is 9.94. The van der Waals surface area contributed by atoms with Crippen LogP contribution in [0.4, 0.5) is 5.69 Å². The van der Waals surface area contributed by atoms with Gasteiger partial charge < -0.3 is 10.6 Å². The van der Waals surface area contributed by atoms with Crippen molar-refractivity contribution in [2.24, 2.45) is 5.73 Å². The van der Waals surface area contributed by atoms with Gasteiger partial charge in [-0.15, -0.1) is 0 Å². The molecule has 2 N–H and O–H groups in total. The number of amides is 1. The van der Waals surface area contributed by atoms with Gasteiger partial charge in [-0.25, -0.2) is 0 Å². The molecule has 0 unspecified atom stereocenters. The summed E-state index contributed by atoms with van der Waals surface area (Å²) < 4.78 is 0. The van der Waals surface area contributed by atoms with E-state index in [1.807, 2.05) is 38.2 Å². The summed E-state index contributed by atoms with van der Waals surface area (Å²) in [5.74, 6) is 0.114. The highest BCUT2D eigenvalue weighted by Crippen LogP contribution is 2.31. The van der Waals surface area contributed by atoms with Crippen molar-refractivity contribution in [2.45, 2.75) is 44.6 Å². The number of carbonyl (C=O) groups excluding carboxylic acids is 1. The van der Waals surface area contributed by atoms with Gasteiger partial charge in [0.2, 0.25) is 5.91 Å². The van der Waals surface area contributed by atoms with Crippen LogP contribution in [0.3, 0.4) is 0 Å². The van der Waals surface area contributed by atoms with Crippen LogP contribution in [0.25, 0.3) is 0 Å². The lowest BCUT2D eigenvalue weighted by Gasteiger charge is -2.26. The minimum absolute atomic E-state index is 0.114.